The van der Waals surface area contributed by atoms with Gasteiger partial charge in [-0.05, 0) is 31.4 Å². The first-order chi connectivity index (χ1) is 7.31. The van der Waals surface area contributed by atoms with Crippen molar-refractivity contribution in [3.8, 4) is 0 Å². The van der Waals surface area contributed by atoms with E-state index in [2.05, 4.69) is 30.1 Å². The highest BCUT2D eigenvalue weighted by Gasteiger charge is 2.25. The standard InChI is InChI=1S/C13H19NO/c1-2-10-6-5-8-12(14-10)11-7-3-4-9-13(11)15/h5-6,8,11,13,15H,2-4,7,9H2,1H3/t11-,13+/m0/s1. The number of rotatable bonds is 2. The van der Waals surface area contributed by atoms with Crippen LogP contribution >= 0.6 is 0 Å². The van der Waals surface area contributed by atoms with Crippen molar-refractivity contribution in [2.24, 2.45) is 0 Å². The summed E-state index contributed by atoms with van der Waals surface area (Å²) < 4.78 is 0. The fraction of sp³-hybridized carbons (Fsp3) is 0.615. The summed E-state index contributed by atoms with van der Waals surface area (Å²) in [4.78, 5) is 4.61. The Morgan fingerprint density at radius 3 is 2.87 bits per heavy atom. The van der Waals surface area contributed by atoms with Crippen LogP contribution in [0.2, 0.25) is 0 Å². The second kappa shape index (κ2) is 4.75. The van der Waals surface area contributed by atoms with Crippen molar-refractivity contribution in [2.45, 2.75) is 51.0 Å². The van der Waals surface area contributed by atoms with Gasteiger partial charge in [-0.2, -0.15) is 0 Å². The molecule has 2 heteroatoms. The molecule has 1 aliphatic carbocycles. The van der Waals surface area contributed by atoms with E-state index in [4.69, 9.17) is 0 Å². The number of aliphatic hydroxyl groups excluding tert-OH is 1. The molecule has 0 aliphatic heterocycles. The maximum Gasteiger partial charge on any atom is 0.0623 e. The molecule has 0 unspecified atom stereocenters. The second-order valence-electron chi connectivity index (χ2n) is 4.37. The Kier molecular flexibility index (Phi) is 3.37. The lowest BCUT2D eigenvalue weighted by atomic mass is 9.84. The molecule has 1 aliphatic rings. The fourth-order valence-corrected chi connectivity index (χ4v) is 2.36. The topological polar surface area (TPSA) is 33.1 Å². The maximum absolute atomic E-state index is 9.95. The number of aliphatic hydroxyl groups is 1. The molecule has 0 radical (unpaired) electrons. The monoisotopic (exact) mass is 205 g/mol. The van der Waals surface area contributed by atoms with Crippen molar-refractivity contribution >= 4 is 0 Å². The third-order valence-electron chi connectivity index (χ3n) is 3.30. The molecular formula is C13H19NO. The highest BCUT2D eigenvalue weighted by Crippen LogP contribution is 2.31. The van der Waals surface area contributed by atoms with E-state index in [1.807, 2.05) is 0 Å². The zero-order valence-electron chi connectivity index (χ0n) is 9.32. The van der Waals surface area contributed by atoms with Gasteiger partial charge in [0.05, 0.1) is 6.10 Å². The molecule has 1 aromatic heterocycles. The van der Waals surface area contributed by atoms with Gasteiger partial charge in [0.1, 0.15) is 0 Å². The number of hydrogen-bond donors (Lipinski definition) is 1. The summed E-state index contributed by atoms with van der Waals surface area (Å²) in [6.45, 7) is 2.11. The molecule has 1 fully saturated rings. The van der Waals surface area contributed by atoms with E-state index < -0.39 is 0 Å². The average molecular weight is 205 g/mol. The number of pyridine rings is 1. The molecule has 0 spiro atoms. The molecule has 1 heterocycles. The van der Waals surface area contributed by atoms with Crippen molar-refractivity contribution in [1.82, 2.24) is 4.98 Å². The zero-order valence-corrected chi connectivity index (χ0v) is 9.32. The third-order valence-corrected chi connectivity index (χ3v) is 3.30. The van der Waals surface area contributed by atoms with Crippen molar-refractivity contribution in [3.05, 3.63) is 29.6 Å². The second-order valence-corrected chi connectivity index (χ2v) is 4.37. The van der Waals surface area contributed by atoms with Crippen LogP contribution in [0.15, 0.2) is 18.2 Å². The minimum atomic E-state index is -0.182. The lowest BCUT2D eigenvalue weighted by Crippen LogP contribution is -2.23. The first-order valence-electron chi connectivity index (χ1n) is 5.95. The first kappa shape index (κ1) is 10.6. The number of hydrogen-bond acceptors (Lipinski definition) is 2. The molecule has 2 atom stereocenters. The van der Waals surface area contributed by atoms with Crippen LogP contribution in [0.5, 0.6) is 0 Å². The summed E-state index contributed by atoms with van der Waals surface area (Å²) in [5, 5.41) is 9.95. The number of nitrogens with zero attached hydrogens (tertiary/aromatic N) is 1. The lowest BCUT2D eigenvalue weighted by molar-refractivity contribution is 0.104. The summed E-state index contributed by atoms with van der Waals surface area (Å²) in [6, 6.07) is 6.17. The van der Waals surface area contributed by atoms with Gasteiger partial charge in [-0.3, -0.25) is 4.98 Å². The Labute approximate surface area is 91.4 Å². The Morgan fingerprint density at radius 2 is 2.13 bits per heavy atom. The molecule has 15 heavy (non-hydrogen) atoms. The molecule has 2 nitrogen and oxygen atoms in total. The molecule has 0 aromatic carbocycles. The van der Waals surface area contributed by atoms with Gasteiger partial charge < -0.3 is 5.11 Å². The van der Waals surface area contributed by atoms with Crippen LogP contribution in [0.3, 0.4) is 0 Å². The average Bonchev–Trinajstić information content (AvgIpc) is 2.30. The van der Waals surface area contributed by atoms with Crippen molar-refractivity contribution in [3.63, 3.8) is 0 Å². The van der Waals surface area contributed by atoms with Gasteiger partial charge >= 0.3 is 0 Å². The molecule has 82 valence electrons. The van der Waals surface area contributed by atoms with Crippen LogP contribution in [-0.4, -0.2) is 16.2 Å². The van der Waals surface area contributed by atoms with Gasteiger partial charge in [-0.1, -0.05) is 25.8 Å². The predicted molar refractivity (Wildman–Crippen MR) is 60.8 cm³/mol. The summed E-state index contributed by atoms with van der Waals surface area (Å²) in [6.07, 6.45) is 5.18. The van der Waals surface area contributed by atoms with Gasteiger partial charge in [0.15, 0.2) is 0 Å². The van der Waals surface area contributed by atoms with Crippen LogP contribution in [0.4, 0.5) is 0 Å². The van der Waals surface area contributed by atoms with Crippen molar-refractivity contribution < 1.29 is 5.11 Å². The highest BCUT2D eigenvalue weighted by molar-refractivity contribution is 5.16. The largest absolute Gasteiger partial charge is 0.392 e. The minimum absolute atomic E-state index is 0.182. The molecule has 1 aromatic rings. The van der Waals surface area contributed by atoms with Crippen LogP contribution < -0.4 is 0 Å². The number of aryl methyl sites for hydroxylation is 1. The molecule has 1 N–H and O–H groups in total. The molecule has 2 rings (SSSR count). The molecule has 0 amide bonds. The van der Waals surface area contributed by atoms with E-state index in [0.717, 1.165) is 37.1 Å². The zero-order chi connectivity index (χ0) is 10.7. The van der Waals surface area contributed by atoms with E-state index in [1.54, 1.807) is 0 Å². The van der Waals surface area contributed by atoms with Crippen LogP contribution in [0.25, 0.3) is 0 Å². The van der Waals surface area contributed by atoms with Gasteiger partial charge in [0.25, 0.3) is 0 Å². The van der Waals surface area contributed by atoms with Crippen LogP contribution in [-0.2, 0) is 6.42 Å². The van der Waals surface area contributed by atoms with Crippen LogP contribution in [0, 0.1) is 0 Å². The Balaban J connectivity index is 2.19. The van der Waals surface area contributed by atoms with Gasteiger partial charge in [-0.15, -0.1) is 0 Å². The fourth-order valence-electron chi connectivity index (χ4n) is 2.36. The Morgan fingerprint density at radius 1 is 1.33 bits per heavy atom. The lowest BCUT2D eigenvalue weighted by Gasteiger charge is -2.27. The SMILES string of the molecule is CCc1cccc([C@@H]2CCCC[C@H]2O)n1. The maximum atomic E-state index is 9.95. The summed E-state index contributed by atoms with van der Waals surface area (Å²) in [5.41, 5.74) is 2.21. The van der Waals surface area contributed by atoms with Gasteiger partial charge in [-0.25, -0.2) is 0 Å². The molecule has 1 saturated carbocycles. The smallest absolute Gasteiger partial charge is 0.0623 e. The normalized spacial score (nSPS) is 26.5. The molecular weight excluding hydrogens is 186 g/mol. The quantitative estimate of drug-likeness (QED) is 0.805. The summed E-state index contributed by atoms with van der Waals surface area (Å²) >= 11 is 0. The van der Waals surface area contributed by atoms with Crippen molar-refractivity contribution in [2.75, 3.05) is 0 Å². The Hall–Kier alpha value is -0.890. The summed E-state index contributed by atoms with van der Waals surface area (Å²) in [5.74, 6) is 0.269. The first-order valence-corrected chi connectivity index (χ1v) is 5.95. The van der Waals surface area contributed by atoms with Crippen LogP contribution in [0.1, 0.15) is 49.9 Å². The van der Waals surface area contributed by atoms with E-state index in [-0.39, 0.29) is 12.0 Å². The third kappa shape index (κ3) is 2.37. The van der Waals surface area contributed by atoms with Gasteiger partial charge in [0, 0.05) is 17.3 Å². The molecule has 0 bridgehead atoms. The minimum Gasteiger partial charge on any atom is -0.392 e. The molecule has 0 saturated heterocycles. The Bertz CT molecular complexity index is 324. The van der Waals surface area contributed by atoms with Crippen molar-refractivity contribution in [1.29, 1.82) is 0 Å². The number of aromatic nitrogens is 1. The predicted octanol–water partition coefficient (Wildman–Crippen LogP) is 2.66. The van der Waals surface area contributed by atoms with E-state index >= 15 is 0 Å². The van der Waals surface area contributed by atoms with Gasteiger partial charge in [0.2, 0.25) is 0 Å². The van der Waals surface area contributed by atoms with E-state index in [0.29, 0.717) is 0 Å². The highest BCUT2D eigenvalue weighted by atomic mass is 16.3. The van der Waals surface area contributed by atoms with E-state index in [1.165, 1.54) is 6.42 Å². The van der Waals surface area contributed by atoms with E-state index in [9.17, 15) is 5.11 Å². The summed E-state index contributed by atoms with van der Waals surface area (Å²) in [7, 11) is 0.